The van der Waals surface area contributed by atoms with E-state index in [2.05, 4.69) is 15.2 Å². The normalized spacial score (nSPS) is 16.7. The molecule has 0 aliphatic carbocycles. The van der Waals surface area contributed by atoms with E-state index >= 15 is 0 Å². The second-order valence-electron chi connectivity index (χ2n) is 4.97. The summed E-state index contributed by atoms with van der Waals surface area (Å²) in [5.74, 6) is 0. The van der Waals surface area contributed by atoms with E-state index in [1.807, 2.05) is 12.1 Å². The minimum atomic E-state index is -0.0708. The third-order valence-corrected chi connectivity index (χ3v) is 3.46. The lowest BCUT2D eigenvalue weighted by Gasteiger charge is -2.27. The van der Waals surface area contributed by atoms with E-state index in [-0.39, 0.29) is 13.2 Å². The van der Waals surface area contributed by atoms with Crippen molar-refractivity contribution in [3.63, 3.8) is 0 Å². The molecule has 1 fully saturated rings. The Hall–Kier alpha value is -1.01. The summed E-state index contributed by atoms with van der Waals surface area (Å²) in [5, 5.41) is 21.7. The zero-order valence-corrected chi connectivity index (χ0v) is 11.3. The molecule has 0 saturated carbocycles. The van der Waals surface area contributed by atoms with E-state index < -0.39 is 0 Å². The Morgan fingerprint density at radius 2 is 1.74 bits per heavy atom. The number of hydrogen-bond acceptors (Lipinski definition) is 5. The van der Waals surface area contributed by atoms with Gasteiger partial charge in [-0.1, -0.05) is 0 Å². The van der Waals surface area contributed by atoms with Crippen molar-refractivity contribution >= 4 is 0 Å². The molecule has 0 aromatic carbocycles. The fourth-order valence-corrected chi connectivity index (χ4v) is 2.47. The maximum Gasteiger partial charge on any atom is 0.0853 e. The van der Waals surface area contributed by atoms with Gasteiger partial charge >= 0.3 is 0 Å². The van der Waals surface area contributed by atoms with Crippen LogP contribution in [0.3, 0.4) is 0 Å². The number of aliphatic hydroxyl groups is 2. The Morgan fingerprint density at radius 3 is 2.32 bits per heavy atom. The van der Waals surface area contributed by atoms with E-state index in [0.29, 0.717) is 11.4 Å². The Bertz CT molecular complexity index is 370. The molecule has 1 aliphatic heterocycles. The summed E-state index contributed by atoms with van der Waals surface area (Å²) in [6.07, 6.45) is 2.06. The number of aliphatic hydroxyl groups excluding tert-OH is 2. The number of nitrogens with zero attached hydrogens (tertiary/aromatic N) is 2. The van der Waals surface area contributed by atoms with Crippen LogP contribution in [0.4, 0.5) is 0 Å². The highest BCUT2D eigenvalue weighted by molar-refractivity contribution is 5.21. The molecular weight excluding hydrogens is 242 g/mol. The number of piperazine rings is 1. The number of aromatic nitrogens is 1. The maximum atomic E-state index is 9.15. The summed E-state index contributed by atoms with van der Waals surface area (Å²) < 4.78 is 0. The maximum absolute atomic E-state index is 9.15. The second-order valence-corrected chi connectivity index (χ2v) is 4.97. The molecule has 0 spiro atoms. The molecule has 106 valence electrons. The van der Waals surface area contributed by atoms with Gasteiger partial charge in [-0.3, -0.25) is 4.98 Å². The van der Waals surface area contributed by atoms with Crippen molar-refractivity contribution in [2.45, 2.75) is 26.1 Å². The number of hydrogen-bond donors (Lipinski definition) is 3. The van der Waals surface area contributed by atoms with Crippen LogP contribution in [0.15, 0.2) is 12.1 Å². The predicted molar refractivity (Wildman–Crippen MR) is 73.7 cm³/mol. The number of rotatable bonds is 6. The average molecular weight is 265 g/mol. The number of pyridine rings is 1. The Balaban J connectivity index is 1.84. The van der Waals surface area contributed by atoms with Crippen molar-refractivity contribution in [2.24, 2.45) is 0 Å². The predicted octanol–water partition coefficient (Wildman–Crippen LogP) is -0.0960. The van der Waals surface area contributed by atoms with Crippen molar-refractivity contribution in [1.82, 2.24) is 15.2 Å². The lowest BCUT2D eigenvalue weighted by molar-refractivity contribution is 0.238. The van der Waals surface area contributed by atoms with Crippen LogP contribution in [0.25, 0.3) is 0 Å². The summed E-state index contributed by atoms with van der Waals surface area (Å²) in [6, 6.07) is 3.85. The highest BCUT2D eigenvalue weighted by Gasteiger charge is 2.09. The van der Waals surface area contributed by atoms with Crippen molar-refractivity contribution in [3.8, 4) is 0 Å². The monoisotopic (exact) mass is 265 g/mol. The summed E-state index contributed by atoms with van der Waals surface area (Å²) in [4.78, 5) is 6.62. The van der Waals surface area contributed by atoms with E-state index in [4.69, 9.17) is 10.2 Å². The van der Waals surface area contributed by atoms with Gasteiger partial charge in [-0.15, -0.1) is 0 Å². The Morgan fingerprint density at radius 1 is 1.11 bits per heavy atom. The molecule has 5 nitrogen and oxygen atoms in total. The van der Waals surface area contributed by atoms with Crippen molar-refractivity contribution in [3.05, 3.63) is 29.1 Å². The minimum absolute atomic E-state index is 0.0708. The number of aryl methyl sites for hydroxylation is 1. The van der Waals surface area contributed by atoms with Gasteiger partial charge in [0.1, 0.15) is 0 Å². The molecule has 5 heteroatoms. The van der Waals surface area contributed by atoms with Crippen LogP contribution in [0.5, 0.6) is 0 Å². The second kappa shape index (κ2) is 7.55. The third kappa shape index (κ3) is 4.54. The Kier molecular flexibility index (Phi) is 5.72. The van der Waals surface area contributed by atoms with E-state index in [1.54, 1.807) is 0 Å². The molecule has 0 unspecified atom stereocenters. The van der Waals surface area contributed by atoms with Gasteiger partial charge in [-0.25, -0.2) is 0 Å². The highest BCUT2D eigenvalue weighted by atomic mass is 16.3. The summed E-state index contributed by atoms with van der Waals surface area (Å²) in [7, 11) is 0. The molecule has 1 saturated heterocycles. The molecule has 2 heterocycles. The quantitative estimate of drug-likeness (QED) is 0.670. The average Bonchev–Trinajstić information content (AvgIpc) is 2.48. The third-order valence-electron chi connectivity index (χ3n) is 3.46. The lowest BCUT2D eigenvalue weighted by Crippen LogP contribution is -2.43. The fourth-order valence-electron chi connectivity index (χ4n) is 2.47. The largest absolute Gasteiger partial charge is 0.390 e. The van der Waals surface area contributed by atoms with Gasteiger partial charge in [0.15, 0.2) is 0 Å². The molecule has 0 atom stereocenters. The van der Waals surface area contributed by atoms with Gasteiger partial charge in [0.05, 0.1) is 24.6 Å². The van der Waals surface area contributed by atoms with Crippen molar-refractivity contribution in [1.29, 1.82) is 0 Å². The zero-order valence-electron chi connectivity index (χ0n) is 11.3. The molecule has 3 N–H and O–H groups in total. The molecule has 0 amide bonds. The first kappa shape index (κ1) is 14.4. The van der Waals surface area contributed by atoms with E-state index in [0.717, 1.165) is 51.1 Å². The summed E-state index contributed by atoms with van der Waals surface area (Å²) in [5.41, 5.74) is 2.44. The topological polar surface area (TPSA) is 68.6 Å². The first-order valence-electron chi connectivity index (χ1n) is 6.95. The first-order chi connectivity index (χ1) is 9.31. The molecule has 0 radical (unpaired) electrons. The van der Waals surface area contributed by atoms with Crippen LogP contribution in [0.1, 0.15) is 23.4 Å². The van der Waals surface area contributed by atoms with Crippen LogP contribution < -0.4 is 5.32 Å². The van der Waals surface area contributed by atoms with E-state index in [9.17, 15) is 0 Å². The van der Waals surface area contributed by atoms with Crippen molar-refractivity contribution < 1.29 is 10.2 Å². The zero-order chi connectivity index (χ0) is 13.5. The molecule has 1 aromatic rings. The molecule has 2 rings (SSSR count). The van der Waals surface area contributed by atoms with Gasteiger partial charge in [-0.2, -0.15) is 0 Å². The lowest BCUT2D eigenvalue weighted by atomic mass is 10.1. The van der Waals surface area contributed by atoms with Crippen LogP contribution in [0.2, 0.25) is 0 Å². The van der Waals surface area contributed by atoms with Gasteiger partial charge < -0.3 is 20.4 Å². The molecule has 1 aliphatic rings. The van der Waals surface area contributed by atoms with Crippen LogP contribution in [0, 0.1) is 0 Å². The SMILES string of the molecule is OCc1cc(CCCN2CCNCC2)cc(CO)n1. The molecule has 1 aromatic heterocycles. The summed E-state index contributed by atoms with van der Waals surface area (Å²) in [6.45, 7) is 5.38. The molecule has 0 bridgehead atoms. The fraction of sp³-hybridized carbons (Fsp3) is 0.643. The smallest absolute Gasteiger partial charge is 0.0853 e. The van der Waals surface area contributed by atoms with Crippen molar-refractivity contribution in [2.75, 3.05) is 32.7 Å². The Labute approximate surface area is 114 Å². The van der Waals surface area contributed by atoms with Crippen LogP contribution >= 0.6 is 0 Å². The first-order valence-corrected chi connectivity index (χ1v) is 6.95. The van der Waals surface area contributed by atoms with Gasteiger partial charge in [-0.05, 0) is 37.1 Å². The highest BCUT2D eigenvalue weighted by Crippen LogP contribution is 2.10. The van der Waals surface area contributed by atoms with Gasteiger partial charge in [0.2, 0.25) is 0 Å². The standard InChI is InChI=1S/C14H23N3O2/c18-10-13-8-12(9-14(11-19)16-13)2-1-5-17-6-3-15-4-7-17/h8-9,15,18-19H,1-7,10-11H2. The van der Waals surface area contributed by atoms with Gasteiger partial charge in [0.25, 0.3) is 0 Å². The molecular formula is C14H23N3O2. The van der Waals surface area contributed by atoms with E-state index in [1.165, 1.54) is 0 Å². The van der Waals surface area contributed by atoms with Crippen LogP contribution in [-0.2, 0) is 19.6 Å². The minimum Gasteiger partial charge on any atom is -0.390 e. The summed E-state index contributed by atoms with van der Waals surface area (Å²) >= 11 is 0. The van der Waals surface area contributed by atoms with Gasteiger partial charge in [0, 0.05) is 26.2 Å². The molecule has 19 heavy (non-hydrogen) atoms. The van der Waals surface area contributed by atoms with Crippen LogP contribution in [-0.4, -0.2) is 52.8 Å². The number of nitrogens with one attached hydrogen (secondary N) is 1.